The van der Waals surface area contributed by atoms with Crippen molar-refractivity contribution in [1.29, 1.82) is 0 Å². The summed E-state index contributed by atoms with van der Waals surface area (Å²) >= 11 is 0. The fraction of sp³-hybridized carbons (Fsp3) is 0.348. The van der Waals surface area contributed by atoms with E-state index in [-0.39, 0.29) is 11.5 Å². The Balaban J connectivity index is 1.54. The zero-order valence-corrected chi connectivity index (χ0v) is 16.3. The molecule has 1 saturated heterocycles. The summed E-state index contributed by atoms with van der Waals surface area (Å²) in [6.07, 6.45) is 3.97. The van der Waals surface area contributed by atoms with E-state index in [9.17, 15) is 4.79 Å². The van der Waals surface area contributed by atoms with Gasteiger partial charge in [-0.1, -0.05) is 18.2 Å². The van der Waals surface area contributed by atoms with Crippen molar-refractivity contribution in [2.45, 2.75) is 25.5 Å². The molecule has 3 aromatic rings. The average molecular weight is 393 g/mol. The van der Waals surface area contributed by atoms with E-state index >= 15 is 0 Å². The Morgan fingerprint density at radius 3 is 2.90 bits per heavy atom. The molecule has 0 aliphatic carbocycles. The number of rotatable bonds is 4. The summed E-state index contributed by atoms with van der Waals surface area (Å²) in [4.78, 5) is 15.5. The molecule has 0 N–H and O–H groups in total. The summed E-state index contributed by atoms with van der Waals surface area (Å²) in [6, 6.07) is 11.1. The van der Waals surface area contributed by atoms with Crippen LogP contribution in [0.25, 0.3) is 22.1 Å². The van der Waals surface area contributed by atoms with Crippen LogP contribution < -0.4 is 14.9 Å². The molecule has 0 radical (unpaired) electrons. The second-order valence-corrected chi connectivity index (χ2v) is 7.52. The summed E-state index contributed by atoms with van der Waals surface area (Å²) in [6.45, 7) is 2.84. The first kappa shape index (κ1) is 18.2. The predicted octanol–water partition coefficient (Wildman–Crippen LogP) is 3.80. The molecule has 1 fully saturated rings. The summed E-state index contributed by atoms with van der Waals surface area (Å²) < 4.78 is 23.1. The standard InChI is InChI=1S/C23H23NO5/c1-26-20-7-3-2-6-16(20)19-13-28-23-17(22(19)25)8-9-21-18(23)12-24(14-29-21)11-15-5-4-10-27-15/h2-3,6-9,13,15H,4-5,10-12,14H2,1H3. The monoisotopic (exact) mass is 393 g/mol. The molecule has 0 spiro atoms. The quantitative estimate of drug-likeness (QED) is 0.672. The molecular formula is C23H23NO5. The highest BCUT2D eigenvalue weighted by atomic mass is 16.5. The molecule has 29 heavy (non-hydrogen) atoms. The van der Waals surface area contributed by atoms with Crippen molar-refractivity contribution >= 4 is 11.0 Å². The van der Waals surface area contributed by atoms with Crippen LogP contribution in [0.3, 0.4) is 0 Å². The van der Waals surface area contributed by atoms with Crippen LogP contribution in [0.15, 0.2) is 51.9 Å². The summed E-state index contributed by atoms with van der Waals surface area (Å²) in [7, 11) is 1.60. The van der Waals surface area contributed by atoms with E-state index in [1.165, 1.54) is 6.26 Å². The van der Waals surface area contributed by atoms with E-state index in [0.717, 1.165) is 42.9 Å². The smallest absolute Gasteiger partial charge is 0.200 e. The van der Waals surface area contributed by atoms with Crippen LogP contribution in [-0.2, 0) is 11.3 Å². The second kappa shape index (κ2) is 7.54. The minimum atomic E-state index is -0.0743. The van der Waals surface area contributed by atoms with E-state index in [0.29, 0.717) is 35.6 Å². The van der Waals surface area contributed by atoms with E-state index < -0.39 is 0 Å². The molecule has 0 bridgehead atoms. The van der Waals surface area contributed by atoms with Crippen molar-refractivity contribution in [2.75, 3.05) is 27.0 Å². The van der Waals surface area contributed by atoms with Crippen LogP contribution in [0.1, 0.15) is 18.4 Å². The zero-order valence-electron chi connectivity index (χ0n) is 16.3. The molecule has 1 atom stereocenters. The highest BCUT2D eigenvalue weighted by Crippen LogP contribution is 2.34. The minimum Gasteiger partial charge on any atom is -0.496 e. The lowest BCUT2D eigenvalue weighted by molar-refractivity contribution is 0.0281. The third kappa shape index (κ3) is 3.28. The molecule has 0 amide bonds. The molecule has 2 aliphatic rings. The first-order chi connectivity index (χ1) is 14.2. The lowest BCUT2D eigenvalue weighted by Crippen LogP contribution is -2.37. The van der Waals surface area contributed by atoms with E-state index in [1.54, 1.807) is 13.2 Å². The van der Waals surface area contributed by atoms with Crippen molar-refractivity contribution in [3.63, 3.8) is 0 Å². The van der Waals surface area contributed by atoms with Crippen LogP contribution in [0.4, 0.5) is 0 Å². The molecule has 0 saturated carbocycles. The predicted molar refractivity (Wildman–Crippen MR) is 109 cm³/mol. The van der Waals surface area contributed by atoms with Crippen molar-refractivity contribution in [1.82, 2.24) is 4.90 Å². The van der Waals surface area contributed by atoms with Crippen molar-refractivity contribution in [3.8, 4) is 22.6 Å². The van der Waals surface area contributed by atoms with Crippen LogP contribution >= 0.6 is 0 Å². The Morgan fingerprint density at radius 1 is 1.17 bits per heavy atom. The molecule has 3 heterocycles. The first-order valence-electron chi connectivity index (χ1n) is 9.92. The molecule has 2 aromatic carbocycles. The molecule has 6 nitrogen and oxygen atoms in total. The largest absolute Gasteiger partial charge is 0.496 e. The number of ether oxygens (including phenoxy) is 3. The molecule has 1 aromatic heterocycles. The van der Waals surface area contributed by atoms with Gasteiger partial charge in [0.1, 0.15) is 30.1 Å². The van der Waals surface area contributed by atoms with Gasteiger partial charge in [0.2, 0.25) is 5.43 Å². The van der Waals surface area contributed by atoms with Gasteiger partial charge in [0.15, 0.2) is 0 Å². The van der Waals surface area contributed by atoms with Crippen LogP contribution in [0.5, 0.6) is 11.5 Å². The Kier molecular flexibility index (Phi) is 4.73. The zero-order chi connectivity index (χ0) is 19.8. The van der Waals surface area contributed by atoms with Gasteiger partial charge < -0.3 is 18.6 Å². The van der Waals surface area contributed by atoms with Gasteiger partial charge in [0, 0.05) is 25.3 Å². The van der Waals surface area contributed by atoms with Gasteiger partial charge >= 0.3 is 0 Å². The molecular weight excluding hydrogens is 370 g/mol. The van der Waals surface area contributed by atoms with Gasteiger partial charge in [0.05, 0.1) is 29.7 Å². The summed E-state index contributed by atoms with van der Waals surface area (Å²) in [5, 5.41) is 0.551. The van der Waals surface area contributed by atoms with E-state index in [2.05, 4.69) is 4.90 Å². The number of benzene rings is 2. The fourth-order valence-corrected chi connectivity index (χ4v) is 4.20. The maximum atomic E-state index is 13.3. The maximum absolute atomic E-state index is 13.3. The van der Waals surface area contributed by atoms with Crippen molar-refractivity contribution < 1.29 is 18.6 Å². The SMILES string of the molecule is COc1ccccc1-c1coc2c3c(ccc2c1=O)OCN(CC1CCCO1)C3. The topological polar surface area (TPSA) is 61.1 Å². The van der Waals surface area contributed by atoms with Gasteiger partial charge in [-0.15, -0.1) is 0 Å². The maximum Gasteiger partial charge on any atom is 0.200 e. The Morgan fingerprint density at radius 2 is 2.07 bits per heavy atom. The lowest BCUT2D eigenvalue weighted by Gasteiger charge is -2.30. The number of hydrogen-bond acceptors (Lipinski definition) is 6. The van der Waals surface area contributed by atoms with Gasteiger partial charge in [-0.2, -0.15) is 0 Å². The normalized spacial score (nSPS) is 19.1. The molecule has 5 rings (SSSR count). The third-order valence-electron chi connectivity index (χ3n) is 5.67. The first-order valence-corrected chi connectivity index (χ1v) is 9.92. The van der Waals surface area contributed by atoms with Crippen LogP contribution in [0, 0.1) is 0 Å². The van der Waals surface area contributed by atoms with Gasteiger partial charge in [-0.25, -0.2) is 0 Å². The van der Waals surface area contributed by atoms with Gasteiger partial charge in [0.25, 0.3) is 0 Å². The molecule has 2 aliphatic heterocycles. The Labute approximate surface area is 168 Å². The second-order valence-electron chi connectivity index (χ2n) is 7.52. The average Bonchev–Trinajstić information content (AvgIpc) is 3.27. The minimum absolute atomic E-state index is 0.0743. The van der Waals surface area contributed by atoms with E-state index in [4.69, 9.17) is 18.6 Å². The lowest BCUT2D eigenvalue weighted by atomic mass is 10.0. The van der Waals surface area contributed by atoms with E-state index in [1.807, 2.05) is 30.3 Å². The summed E-state index contributed by atoms with van der Waals surface area (Å²) in [5.74, 6) is 1.41. The highest BCUT2D eigenvalue weighted by molar-refractivity contribution is 5.86. The third-order valence-corrected chi connectivity index (χ3v) is 5.67. The van der Waals surface area contributed by atoms with Crippen LogP contribution in [-0.4, -0.2) is 38.0 Å². The molecule has 150 valence electrons. The van der Waals surface area contributed by atoms with Crippen molar-refractivity contribution in [2.24, 2.45) is 0 Å². The van der Waals surface area contributed by atoms with Crippen molar-refractivity contribution in [3.05, 3.63) is 58.4 Å². The molecule has 1 unspecified atom stereocenters. The number of fused-ring (bicyclic) bond motifs is 3. The number of methoxy groups -OCH3 is 1. The van der Waals surface area contributed by atoms with Crippen LogP contribution in [0.2, 0.25) is 0 Å². The number of hydrogen-bond donors (Lipinski definition) is 0. The number of nitrogens with zero attached hydrogens (tertiary/aromatic N) is 1. The molecule has 6 heteroatoms. The summed E-state index contributed by atoms with van der Waals surface area (Å²) in [5.41, 5.74) is 2.64. The van der Waals surface area contributed by atoms with Gasteiger partial charge in [-0.3, -0.25) is 9.69 Å². The highest BCUT2D eigenvalue weighted by Gasteiger charge is 2.26. The number of para-hydroxylation sites is 1. The van der Waals surface area contributed by atoms with Gasteiger partial charge in [-0.05, 0) is 31.0 Å². The Bertz CT molecular complexity index is 1100. The Hall–Kier alpha value is -2.83. The fourth-order valence-electron chi connectivity index (χ4n) is 4.20.